The van der Waals surface area contributed by atoms with Crippen LogP contribution < -0.4 is 0 Å². The maximum absolute atomic E-state index is 5.47. The van der Waals surface area contributed by atoms with E-state index >= 15 is 0 Å². The van der Waals surface area contributed by atoms with Crippen LogP contribution in [-0.2, 0) is 11.2 Å². The largest absolute Gasteiger partial charge is 0.494 e. The van der Waals surface area contributed by atoms with Gasteiger partial charge in [0.25, 0.3) is 0 Å². The zero-order valence-electron chi connectivity index (χ0n) is 17.7. The van der Waals surface area contributed by atoms with Gasteiger partial charge in [-0.3, -0.25) is 0 Å². The lowest BCUT2D eigenvalue weighted by molar-refractivity contribution is 0.303. The molecule has 0 radical (unpaired) electrons. The zero-order chi connectivity index (χ0) is 20.3. The number of aromatic amines is 1. The fourth-order valence-corrected chi connectivity index (χ4v) is 3.58. The molecule has 0 atom stereocenters. The van der Waals surface area contributed by atoms with Crippen LogP contribution in [0, 0.1) is 0 Å². The van der Waals surface area contributed by atoms with Gasteiger partial charge < -0.3 is 9.72 Å². The van der Waals surface area contributed by atoms with Crippen LogP contribution in [-0.4, -0.2) is 32.7 Å². The molecule has 3 heterocycles. The summed E-state index contributed by atoms with van der Waals surface area (Å²) in [6.45, 7) is 2.27. The Morgan fingerprint density at radius 1 is 1.03 bits per heavy atom. The van der Waals surface area contributed by atoms with Gasteiger partial charge in [0, 0.05) is 17.5 Å². The van der Waals surface area contributed by atoms with Gasteiger partial charge in [0.15, 0.2) is 5.84 Å². The number of allylic oxidation sites excluding steroid dienone is 1. The van der Waals surface area contributed by atoms with Gasteiger partial charge in [-0.2, -0.15) is 5.10 Å². The number of hydrogen-bond acceptors (Lipinski definition) is 4. The minimum Gasteiger partial charge on any atom is -0.494 e. The molecule has 0 aliphatic carbocycles. The van der Waals surface area contributed by atoms with Crippen LogP contribution in [0.1, 0.15) is 76.1 Å². The maximum atomic E-state index is 5.47. The summed E-state index contributed by atoms with van der Waals surface area (Å²) in [5, 5.41) is 4.13. The van der Waals surface area contributed by atoms with Crippen LogP contribution in [0.15, 0.2) is 47.3 Å². The molecular weight excluding hydrogens is 362 g/mol. The molecule has 6 nitrogen and oxygen atoms in total. The van der Waals surface area contributed by atoms with Crippen LogP contribution in [0.3, 0.4) is 0 Å². The summed E-state index contributed by atoms with van der Waals surface area (Å²) in [5.74, 6) is 1.43. The molecule has 156 valence electrons. The Hall–Kier alpha value is -2.63. The molecule has 0 unspecified atom stereocenters. The van der Waals surface area contributed by atoms with Crippen molar-refractivity contribution in [3.63, 3.8) is 0 Å². The summed E-state index contributed by atoms with van der Waals surface area (Å²) in [7, 11) is 1.66. The predicted molar refractivity (Wildman–Crippen MR) is 118 cm³/mol. The second kappa shape index (κ2) is 11.4. The highest BCUT2D eigenvalue weighted by molar-refractivity contribution is 5.99. The first-order chi connectivity index (χ1) is 14.3. The van der Waals surface area contributed by atoms with Gasteiger partial charge in [-0.25, -0.2) is 14.7 Å². The second-order valence-electron chi connectivity index (χ2n) is 7.57. The molecule has 1 aliphatic heterocycles. The normalized spacial score (nSPS) is 15.0. The molecule has 0 amide bonds. The SMILES string of the molecule is CCCCCCCCCCCc1ccc(C=C2N=C(n3cncn3)C=C2OC)[nH]1. The van der Waals surface area contributed by atoms with E-state index in [1.807, 2.05) is 12.2 Å². The van der Waals surface area contributed by atoms with Crippen molar-refractivity contribution < 1.29 is 4.74 Å². The van der Waals surface area contributed by atoms with Crippen molar-refractivity contribution in [2.24, 2.45) is 4.99 Å². The molecule has 0 fully saturated rings. The molecule has 1 aliphatic rings. The summed E-state index contributed by atoms with van der Waals surface area (Å²) in [5.41, 5.74) is 3.10. The lowest BCUT2D eigenvalue weighted by Crippen LogP contribution is -2.07. The van der Waals surface area contributed by atoms with Gasteiger partial charge in [0.2, 0.25) is 0 Å². The fraction of sp³-hybridized carbons (Fsp3) is 0.522. The number of hydrogen-bond donors (Lipinski definition) is 1. The topological polar surface area (TPSA) is 68.1 Å². The van der Waals surface area contributed by atoms with Crippen LogP contribution in [0.2, 0.25) is 0 Å². The van der Waals surface area contributed by atoms with E-state index < -0.39 is 0 Å². The molecule has 2 aromatic rings. The summed E-state index contributed by atoms with van der Waals surface area (Å²) < 4.78 is 7.10. The monoisotopic (exact) mass is 395 g/mol. The standard InChI is InChI=1S/C23H33N5O/c1-3-4-5-6-7-8-9-10-11-12-19-13-14-20(26-19)15-21-22(29-2)16-23(27-21)28-18-24-17-25-28/h13-18,26H,3-12H2,1-2H3. The number of ether oxygens (including phenoxy) is 1. The maximum Gasteiger partial charge on any atom is 0.159 e. The highest BCUT2D eigenvalue weighted by Crippen LogP contribution is 2.23. The number of aromatic nitrogens is 4. The van der Waals surface area contributed by atoms with E-state index in [2.05, 4.69) is 39.1 Å². The lowest BCUT2D eigenvalue weighted by Gasteiger charge is -2.02. The molecule has 0 spiro atoms. The second-order valence-corrected chi connectivity index (χ2v) is 7.57. The Labute approximate surface area is 173 Å². The minimum atomic E-state index is 0.701. The van der Waals surface area contributed by atoms with Gasteiger partial charge in [-0.15, -0.1) is 0 Å². The van der Waals surface area contributed by atoms with Gasteiger partial charge in [-0.1, -0.05) is 58.3 Å². The van der Waals surface area contributed by atoms with Crippen LogP contribution in [0.5, 0.6) is 0 Å². The minimum absolute atomic E-state index is 0.701. The number of H-pyrrole nitrogens is 1. The molecule has 0 saturated carbocycles. The summed E-state index contributed by atoms with van der Waals surface area (Å²) in [4.78, 5) is 12.1. The Morgan fingerprint density at radius 2 is 1.79 bits per heavy atom. The molecule has 2 aromatic heterocycles. The van der Waals surface area contributed by atoms with Crippen molar-refractivity contribution in [2.75, 3.05) is 7.11 Å². The zero-order valence-corrected chi connectivity index (χ0v) is 17.7. The Balaban J connectivity index is 1.44. The Morgan fingerprint density at radius 3 is 2.48 bits per heavy atom. The van der Waals surface area contributed by atoms with Gasteiger partial charge in [0.1, 0.15) is 24.1 Å². The van der Waals surface area contributed by atoms with Crippen molar-refractivity contribution in [3.05, 3.63) is 53.7 Å². The van der Waals surface area contributed by atoms with E-state index in [1.165, 1.54) is 69.8 Å². The van der Waals surface area contributed by atoms with E-state index in [4.69, 9.17) is 4.74 Å². The van der Waals surface area contributed by atoms with Crippen LogP contribution >= 0.6 is 0 Å². The highest BCUT2D eigenvalue weighted by atomic mass is 16.5. The number of nitrogens with zero attached hydrogens (tertiary/aromatic N) is 4. The first-order valence-electron chi connectivity index (χ1n) is 10.9. The predicted octanol–water partition coefficient (Wildman–Crippen LogP) is 5.51. The molecule has 0 bridgehead atoms. The highest BCUT2D eigenvalue weighted by Gasteiger charge is 2.17. The Kier molecular flexibility index (Phi) is 8.28. The average molecular weight is 396 g/mol. The number of rotatable bonds is 12. The van der Waals surface area contributed by atoms with Gasteiger partial charge in [-0.05, 0) is 31.1 Å². The fourth-order valence-electron chi connectivity index (χ4n) is 3.58. The van der Waals surface area contributed by atoms with E-state index in [0.29, 0.717) is 5.84 Å². The van der Waals surface area contributed by atoms with E-state index in [0.717, 1.165) is 23.6 Å². The van der Waals surface area contributed by atoms with E-state index in [9.17, 15) is 0 Å². The molecule has 6 heteroatoms. The first-order valence-corrected chi connectivity index (χ1v) is 10.9. The van der Waals surface area contributed by atoms with Gasteiger partial charge >= 0.3 is 0 Å². The first kappa shape index (κ1) is 21.1. The van der Waals surface area contributed by atoms with Gasteiger partial charge in [0.05, 0.1) is 7.11 Å². The third-order valence-electron chi connectivity index (χ3n) is 5.23. The quantitative estimate of drug-likeness (QED) is 0.482. The summed E-state index contributed by atoms with van der Waals surface area (Å²) in [6.07, 6.45) is 20.3. The van der Waals surface area contributed by atoms with Crippen molar-refractivity contribution in [1.82, 2.24) is 19.7 Å². The summed E-state index contributed by atoms with van der Waals surface area (Å²) >= 11 is 0. The number of unbranched alkanes of at least 4 members (excludes halogenated alkanes) is 8. The van der Waals surface area contributed by atoms with Crippen LogP contribution in [0.25, 0.3) is 6.08 Å². The lowest BCUT2D eigenvalue weighted by atomic mass is 10.1. The average Bonchev–Trinajstić information content (AvgIpc) is 3.48. The molecule has 3 rings (SSSR count). The van der Waals surface area contributed by atoms with Crippen molar-refractivity contribution in [2.45, 2.75) is 71.1 Å². The molecule has 1 N–H and O–H groups in total. The van der Waals surface area contributed by atoms with Crippen molar-refractivity contribution in [1.29, 1.82) is 0 Å². The third-order valence-corrected chi connectivity index (χ3v) is 5.23. The summed E-state index contributed by atoms with van der Waals surface area (Å²) in [6, 6.07) is 4.27. The van der Waals surface area contributed by atoms with Crippen molar-refractivity contribution >= 4 is 11.9 Å². The smallest absolute Gasteiger partial charge is 0.159 e. The van der Waals surface area contributed by atoms with E-state index in [1.54, 1.807) is 18.1 Å². The number of methoxy groups -OCH3 is 1. The number of aliphatic imine (C=N–C) groups is 1. The van der Waals surface area contributed by atoms with E-state index in [-0.39, 0.29) is 0 Å². The van der Waals surface area contributed by atoms with Crippen LogP contribution in [0.4, 0.5) is 0 Å². The molecule has 29 heavy (non-hydrogen) atoms. The van der Waals surface area contributed by atoms with Crippen molar-refractivity contribution in [3.8, 4) is 0 Å². The molecular formula is C23H33N5O. The molecule has 0 aromatic carbocycles. The Bertz CT molecular complexity index is 829. The molecule has 0 saturated heterocycles. The number of nitrogens with one attached hydrogen (secondary N) is 1. The number of aryl methyl sites for hydroxylation is 1. The third kappa shape index (κ3) is 6.44.